The number of aromatic amines is 1. The monoisotopic (exact) mass is 457 g/mol. The molecule has 0 fully saturated rings. The summed E-state index contributed by atoms with van der Waals surface area (Å²) >= 11 is 12.0. The van der Waals surface area contributed by atoms with Gasteiger partial charge in [0.05, 0.1) is 22.2 Å². The Morgan fingerprint density at radius 2 is 1.87 bits per heavy atom. The summed E-state index contributed by atoms with van der Waals surface area (Å²) < 4.78 is 0. The lowest BCUT2D eigenvalue weighted by atomic mass is 9.92. The van der Waals surface area contributed by atoms with Gasteiger partial charge in [0, 0.05) is 17.1 Å². The second kappa shape index (κ2) is 8.41. The molecule has 10 heteroatoms. The molecule has 4 rings (SSSR count). The number of hydrogen-bond acceptors (Lipinski definition) is 5. The second-order valence-corrected chi connectivity index (χ2v) is 7.93. The minimum absolute atomic E-state index is 0.0247. The fourth-order valence-electron chi connectivity index (χ4n) is 3.24. The Balaban J connectivity index is 1.64. The number of nitrogens with zero attached hydrogens (tertiary/aromatic N) is 1. The summed E-state index contributed by atoms with van der Waals surface area (Å²) in [6, 6.07) is 12.0. The quantitative estimate of drug-likeness (QED) is 0.468. The highest BCUT2D eigenvalue weighted by Crippen LogP contribution is 2.31. The van der Waals surface area contributed by atoms with Gasteiger partial charge in [-0.15, -0.1) is 0 Å². The number of halogens is 2. The maximum absolute atomic E-state index is 12.8. The standard InChI is InChI=1S/C21H17Cl2N5O3/c1-10-2-5-12(6-3-10)24-19(30)13-9-16(29)26-18-17(13)20(31)28-21(27-18)25-15-7-4-11(22)8-14(15)23/h2-8,13H,9H2,1H3,(H,24,30)(H3,25,26,27,28,29,31)/t13-/m1/s1. The van der Waals surface area contributed by atoms with Gasteiger partial charge >= 0.3 is 0 Å². The van der Waals surface area contributed by atoms with Crippen LogP contribution in [-0.4, -0.2) is 21.8 Å². The number of anilines is 4. The van der Waals surface area contributed by atoms with E-state index in [1.54, 1.807) is 24.3 Å². The molecule has 0 spiro atoms. The highest BCUT2D eigenvalue weighted by atomic mass is 35.5. The van der Waals surface area contributed by atoms with E-state index < -0.39 is 23.3 Å². The molecule has 8 nitrogen and oxygen atoms in total. The Morgan fingerprint density at radius 1 is 1.13 bits per heavy atom. The van der Waals surface area contributed by atoms with Crippen LogP contribution < -0.4 is 21.5 Å². The van der Waals surface area contributed by atoms with Crippen LogP contribution in [0.15, 0.2) is 47.3 Å². The lowest BCUT2D eigenvalue weighted by Crippen LogP contribution is -2.36. The molecule has 1 atom stereocenters. The Bertz CT molecular complexity index is 1240. The summed E-state index contributed by atoms with van der Waals surface area (Å²) in [5.41, 5.74) is 1.63. The molecule has 0 saturated heterocycles. The van der Waals surface area contributed by atoms with Gasteiger partial charge in [-0.05, 0) is 37.3 Å². The zero-order chi connectivity index (χ0) is 22.1. The topological polar surface area (TPSA) is 116 Å². The van der Waals surface area contributed by atoms with E-state index in [4.69, 9.17) is 23.2 Å². The Morgan fingerprint density at radius 3 is 2.58 bits per heavy atom. The zero-order valence-corrected chi connectivity index (χ0v) is 17.8. The molecule has 2 heterocycles. The minimum atomic E-state index is -0.977. The van der Waals surface area contributed by atoms with Crippen LogP contribution in [0, 0.1) is 6.92 Å². The van der Waals surface area contributed by atoms with Crippen LogP contribution in [0.5, 0.6) is 0 Å². The summed E-state index contributed by atoms with van der Waals surface area (Å²) in [5, 5.41) is 8.98. The molecule has 0 radical (unpaired) electrons. The van der Waals surface area contributed by atoms with Crippen molar-refractivity contribution in [2.75, 3.05) is 16.0 Å². The van der Waals surface area contributed by atoms with Gasteiger partial charge < -0.3 is 16.0 Å². The van der Waals surface area contributed by atoms with E-state index in [2.05, 4.69) is 25.9 Å². The Labute approximate surface area is 187 Å². The fraction of sp³-hybridized carbons (Fsp3) is 0.143. The average Bonchev–Trinajstić information content (AvgIpc) is 2.71. The van der Waals surface area contributed by atoms with Crippen molar-refractivity contribution in [3.05, 3.63) is 74.0 Å². The maximum atomic E-state index is 12.8. The third-order valence-electron chi connectivity index (χ3n) is 4.77. The molecule has 1 aliphatic heterocycles. The van der Waals surface area contributed by atoms with Crippen LogP contribution in [0.2, 0.25) is 10.0 Å². The molecule has 158 valence electrons. The molecule has 0 bridgehead atoms. The van der Waals surface area contributed by atoms with Crippen molar-refractivity contribution < 1.29 is 9.59 Å². The number of aromatic nitrogens is 2. The molecule has 1 aliphatic rings. The molecular formula is C21H17Cl2N5O3. The second-order valence-electron chi connectivity index (χ2n) is 7.09. The predicted octanol–water partition coefficient (Wildman–Crippen LogP) is 4.19. The van der Waals surface area contributed by atoms with E-state index in [0.29, 0.717) is 21.4 Å². The number of nitrogens with one attached hydrogen (secondary N) is 4. The van der Waals surface area contributed by atoms with Crippen molar-refractivity contribution in [2.24, 2.45) is 0 Å². The number of rotatable bonds is 4. The molecule has 0 aliphatic carbocycles. The van der Waals surface area contributed by atoms with Crippen molar-refractivity contribution in [3.63, 3.8) is 0 Å². The number of aryl methyl sites for hydroxylation is 1. The van der Waals surface area contributed by atoms with Crippen LogP contribution in [0.25, 0.3) is 0 Å². The largest absolute Gasteiger partial charge is 0.326 e. The number of H-pyrrole nitrogens is 1. The molecule has 4 N–H and O–H groups in total. The SMILES string of the molecule is Cc1ccc(NC(=O)[C@@H]2CC(=O)Nc3nc(Nc4ccc(Cl)cc4Cl)[nH]c(=O)c32)cc1. The average molecular weight is 458 g/mol. The number of benzene rings is 2. The van der Waals surface area contributed by atoms with Gasteiger partial charge in [-0.1, -0.05) is 40.9 Å². The predicted molar refractivity (Wildman–Crippen MR) is 120 cm³/mol. The van der Waals surface area contributed by atoms with Crippen molar-refractivity contribution >= 4 is 58.2 Å². The molecule has 2 amide bonds. The van der Waals surface area contributed by atoms with E-state index >= 15 is 0 Å². The number of hydrogen-bond donors (Lipinski definition) is 4. The minimum Gasteiger partial charge on any atom is -0.326 e. The van der Waals surface area contributed by atoms with E-state index in [9.17, 15) is 14.4 Å². The molecule has 0 saturated carbocycles. The van der Waals surface area contributed by atoms with Gasteiger partial charge in [-0.3, -0.25) is 19.4 Å². The fourth-order valence-corrected chi connectivity index (χ4v) is 3.69. The van der Waals surface area contributed by atoms with Crippen LogP contribution in [0.3, 0.4) is 0 Å². The molecule has 2 aromatic carbocycles. The molecular weight excluding hydrogens is 441 g/mol. The molecule has 0 unspecified atom stereocenters. The third-order valence-corrected chi connectivity index (χ3v) is 5.32. The lowest BCUT2D eigenvalue weighted by Gasteiger charge is -2.23. The first-order valence-corrected chi connectivity index (χ1v) is 10.1. The number of amides is 2. The molecule has 1 aromatic heterocycles. The molecule has 31 heavy (non-hydrogen) atoms. The molecule has 3 aromatic rings. The summed E-state index contributed by atoms with van der Waals surface area (Å²) in [6.45, 7) is 1.93. The van der Waals surface area contributed by atoms with Gasteiger partial charge in [0.15, 0.2) is 0 Å². The van der Waals surface area contributed by atoms with Crippen LogP contribution >= 0.6 is 23.2 Å². The smallest absolute Gasteiger partial charge is 0.258 e. The highest BCUT2D eigenvalue weighted by molar-refractivity contribution is 6.36. The van der Waals surface area contributed by atoms with Crippen LogP contribution in [-0.2, 0) is 9.59 Å². The number of fused-ring (bicyclic) bond motifs is 1. The number of carbonyl (C=O) groups excluding carboxylic acids is 2. The first-order chi connectivity index (χ1) is 14.8. The van der Waals surface area contributed by atoms with Gasteiger partial charge in [0.2, 0.25) is 17.8 Å². The van der Waals surface area contributed by atoms with Crippen molar-refractivity contribution in [1.82, 2.24) is 9.97 Å². The summed E-state index contributed by atoms with van der Waals surface area (Å²) in [7, 11) is 0. The van der Waals surface area contributed by atoms with Gasteiger partial charge in [0.25, 0.3) is 5.56 Å². The summed E-state index contributed by atoms with van der Waals surface area (Å²) in [4.78, 5) is 44.7. The lowest BCUT2D eigenvalue weighted by molar-refractivity contribution is -0.123. The third kappa shape index (κ3) is 4.55. The van der Waals surface area contributed by atoms with E-state index in [1.165, 1.54) is 6.07 Å². The number of carbonyl (C=O) groups is 2. The first kappa shape index (κ1) is 20.9. The highest BCUT2D eigenvalue weighted by Gasteiger charge is 2.34. The van der Waals surface area contributed by atoms with Crippen LogP contribution in [0.1, 0.15) is 23.5 Å². The van der Waals surface area contributed by atoms with E-state index in [-0.39, 0.29) is 23.8 Å². The van der Waals surface area contributed by atoms with Crippen molar-refractivity contribution in [2.45, 2.75) is 19.3 Å². The summed E-state index contributed by atoms with van der Waals surface area (Å²) in [5.74, 6) is -1.77. The van der Waals surface area contributed by atoms with Crippen LogP contribution in [0.4, 0.5) is 23.1 Å². The van der Waals surface area contributed by atoms with Gasteiger partial charge in [-0.25, -0.2) is 0 Å². The zero-order valence-electron chi connectivity index (χ0n) is 16.3. The van der Waals surface area contributed by atoms with Gasteiger partial charge in [0.1, 0.15) is 5.82 Å². The van der Waals surface area contributed by atoms with Crippen molar-refractivity contribution in [3.8, 4) is 0 Å². The first-order valence-electron chi connectivity index (χ1n) is 9.34. The van der Waals surface area contributed by atoms with E-state index in [1.807, 2.05) is 19.1 Å². The Hall–Kier alpha value is -3.36. The van der Waals surface area contributed by atoms with E-state index in [0.717, 1.165) is 5.56 Å². The maximum Gasteiger partial charge on any atom is 0.258 e. The van der Waals surface area contributed by atoms with Gasteiger partial charge in [-0.2, -0.15) is 4.98 Å². The normalized spacial score (nSPS) is 15.1. The Kier molecular flexibility index (Phi) is 5.67. The van der Waals surface area contributed by atoms with Crippen molar-refractivity contribution in [1.29, 1.82) is 0 Å². The summed E-state index contributed by atoms with van der Waals surface area (Å²) in [6.07, 6.45) is -0.161.